The number of carboxylic acid groups (broad SMARTS) is 1. The first kappa shape index (κ1) is 73.7. The van der Waals surface area contributed by atoms with Gasteiger partial charge in [0.2, 0.25) is 18.3 Å². The number of carbonyl (C=O) groups is 4. The molecule has 21 atom stereocenters. The number of nitrogens with zero attached hydrogens (tertiary/aromatic N) is 1. The first-order valence-corrected chi connectivity index (χ1v) is 29.9. The number of esters is 2. The molecule has 9 rings (SSSR count). The predicted molar refractivity (Wildman–Crippen MR) is 324 cm³/mol. The second-order valence-corrected chi connectivity index (χ2v) is 22.8. The van der Waals surface area contributed by atoms with Crippen LogP contribution in [0.1, 0.15) is 22.3 Å². The number of carbonyl (C=O) groups excluding carboxylic acids is 3. The number of amides is 1. The summed E-state index contributed by atoms with van der Waals surface area (Å²) >= 11 is 0. The van der Waals surface area contributed by atoms with Gasteiger partial charge >= 0.3 is 17.9 Å². The van der Waals surface area contributed by atoms with Gasteiger partial charge in [0.25, 0.3) is 5.91 Å². The van der Waals surface area contributed by atoms with Gasteiger partial charge in [0, 0.05) is 30.7 Å². The highest BCUT2D eigenvalue weighted by Gasteiger charge is 2.54. The number of aliphatic carboxylic acids is 1. The maximum absolute atomic E-state index is 14.0. The van der Waals surface area contributed by atoms with Crippen LogP contribution >= 0.6 is 0 Å². The molecular weight excluding hydrogens is 1310 g/mol. The molecule has 0 unspecified atom stereocenters. The maximum atomic E-state index is 14.0. The van der Waals surface area contributed by atoms with Gasteiger partial charge in [0.05, 0.1) is 46.8 Å². The second kappa shape index (κ2) is 32.0. The number of aliphatic hydroxyl groups excluding tert-OH is 12. The Morgan fingerprint density at radius 1 is 0.490 bits per heavy atom. The zero-order chi connectivity index (χ0) is 71.1. The van der Waals surface area contributed by atoms with Crippen molar-refractivity contribution in [2.45, 2.75) is 135 Å². The van der Waals surface area contributed by atoms with Crippen molar-refractivity contribution < 1.29 is 168 Å². The molecule has 4 aromatic rings. The van der Waals surface area contributed by atoms with Crippen LogP contribution in [0.5, 0.6) is 51.7 Å². The summed E-state index contributed by atoms with van der Waals surface area (Å²) in [5, 5.41) is 182. The van der Waals surface area contributed by atoms with Crippen LogP contribution in [0, 0.1) is 0 Å². The monoisotopic (exact) mass is 1390 g/mol. The van der Waals surface area contributed by atoms with E-state index in [0.29, 0.717) is 5.56 Å². The fraction of sp³-hybridized carbons (Fsp3) is 0.460. The Labute approximate surface area is 554 Å². The third kappa shape index (κ3) is 16.3. The molecule has 0 spiro atoms. The summed E-state index contributed by atoms with van der Waals surface area (Å²) in [4.78, 5) is 54.1. The number of phenols is 4. The van der Waals surface area contributed by atoms with E-state index in [1.165, 1.54) is 82.0 Å². The van der Waals surface area contributed by atoms with E-state index in [0.717, 1.165) is 41.3 Å². The molecule has 1 amide bonds. The van der Waals surface area contributed by atoms with Crippen molar-refractivity contribution >= 4 is 47.7 Å². The molecule has 35 heteroatoms. The van der Waals surface area contributed by atoms with Gasteiger partial charge in [-0.3, -0.25) is 9.69 Å². The van der Waals surface area contributed by atoms with Crippen LogP contribution in [-0.4, -0.2) is 287 Å². The summed E-state index contributed by atoms with van der Waals surface area (Å²) in [6.45, 7) is -3.56. The van der Waals surface area contributed by atoms with Crippen molar-refractivity contribution in [2.24, 2.45) is 0 Å². The molecule has 0 aliphatic carbocycles. The van der Waals surface area contributed by atoms with Gasteiger partial charge in [-0.1, -0.05) is 12.1 Å². The Balaban J connectivity index is 0.905. The zero-order valence-corrected chi connectivity index (χ0v) is 51.9. The number of fused-ring (bicyclic) bond motifs is 1. The zero-order valence-electron chi connectivity index (χ0n) is 51.9. The summed E-state index contributed by atoms with van der Waals surface area (Å²) in [5.74, 6) is -7.34. The van der Waals surface area contributed by atoms with Gasteiger partial charge in [-0.2, -0.15) is 0 Å². The summed E-state index contributed by atoms with van der Waals surface area (Å²) in [6, 6.07) is 10.8. The molecule has 5 aliphatic rings. The Morgan fingerprint density at radius 2 is 0.969 bits per heavy atom. The van der Waals surface area contributed by atoms with Gasteiger partial charge in [0.15, 0.2) is 64.7 Å². The van der Waals surface area contributed by atoms with E-state index in [2.05, 4.69) is 0 Å². The number of benzene rings is 4. The minimum absolute atomic E-state index is 0.0146. The number of hydrogen-bond donors (Lipinski definition) is 17. The fourth-order valence-corrected chi connectivity index (χ4v) is 11.1. The van der Waals surface area contributed by atoms with E-state index in [1.54, 1.807) is 0 Å². The van der Waals surface area contributed by atoms with Crippen molar-refractivity contribution in [3.63, 3.8) is 0 Å². The van der Waals surface area contributed by atoms with E-state index in [4.69, 9.17) is 61.6 Å². The van der Waals surface area contributed by atoms with Crippen molar-refractivity contribution in [2.75, 3.05) is 52.7 Å². The van der Waals surface area contributed by atoms with Crippen LogP contribution in [0.15, 0.2) is 78.9 Å². The first-order valence-electron chi connectivity index (χ1n) is 29.9. The summed E-state index contributed by atoms with van der Waals surface area (Å²) in [5.41, 5.74) is 0.709. The summed E-state index contributed by atoms with van der Waals surface area (Å²) < 4.78 is 72.5. The van der Waals surface area contributed by atoms with E-state index in [9.17, 15) is 106 Å². The molecule has 35 nitrogen and oxygen atoms in total. The highest BCUT2D eigenvalue weighted by atomic mass is 16.8. The molecule has 0 saturated carbocycles. The van der Waals surface area contributed by atoms with Gasteiger partial charge in [0.1, 0.15) is 104 Å². The largest absolute Gasteiger partial charge is 0.504 e. The highest BCUT2D eigenvalue weighted by molar-refractivity contribution is 6.09. The Hall–Kier alpha value is -8.54. The molecule has 4 fully saturated rings. The first-order chi connectivity index (χ1) is 46.7. The molecule has 4 saturated heterocycles. The van der Waals surface area contributed by atoms with Crippen LogP contribution in [0.2, 0.25) is 0 Å². The van der Waals surface area contributed by atoms with Crippen LogP contribution in [-0.2, 0) is 63.5 Å². The van der Waals surface area contributed by atoms with Crippen molar-refractivity contribution in [3.8, 4) is 51.7 Å². The van der Waals surface area contributed by atoms with E-state index in [-0.39, 0.29) is 63.3 Å². The Morgan fingerprint density at radius 3 is 1.55 bits per heavy atom. The minimum Gasteiger partial charge on any atom is -0.504 e. The van der Waals surface area contributed by atoms with Crippen molar-refractivity contribution in [1.82, 2.24) is 0 Å². The van der Waals surface area contributed by atoms with E-state index < -0.39 is 196 Å². The van der Waals surface area contributed by atoms with E-state index in [1.807, 2.05) is 0 Å². The van der Waals surface area contributed by atoms with Crippen LogP contribution in [0.4, 0.5) is 5.69 Å². The molecule has 0 radical (unpaired) electrons. The standard InChI is InChI=1S/C63H73NO34/c1-86-34-14-26(4-9-31(34)67)7-13-45(72)97-58-56(83)57(98-62-55(82)52(79)48(75)41(96-62)23-89-44(71)12-8-27-16-37(87-2)46(73)38(17-27)88-3)40(22-66)94-63(58)90-24-42-49(76)51(78)54(81)61(95-42)92-36-20-29-28(19-33(36)69)18-30(59(84)85)64(29)43(70)11-6-25-5-10-32(68)35(15-25)91-60-53(80)50(77)47(74)39(21-65)93-60/h4-17,19-20,30,39-42,47-58,60-63,65-69,73-83H,18,21-24H2,1-3H3,(H,84,85)/b11-6+,12-8+,13-7+/t30-,39+,40+,41+,42+,47+,48+,49+,50-,51-,52-,53+,54+,55+,56-,57+,58+,60+,61+,62-,63+/m0/s1. The molecule has 5 heterocycles. The number of carboxylic acids is 1. The van der Waals surface area contributed by atoms with Crippen LogP contribution < -0.4 is 28.6 Å². The Kier molecular flexibility index (Phi) is 24.1. The van der Waals surface area contributed by atoms with Gasteiger partial charge in [-0.25, -0.2) is 14.4 Å². The normalized spacial score (nSPS) is 31.8. The molecule has 5 aliphatic heterocycles. The van der Waals surface area contributed by atoms with Crippen molar-refractivity contribution in [1.29, 1.82) is 0 Å². The number of phenolic OH excluding ortho intramolecular Hbond substituents is 4. The third-order valence-electron chi connectivity index (χ3n) is 16.4. The number of methoxy groups -OCH3 is 3. The lowest BCUT2D eigenvalue weighted by molar-refractivity contribution is -0.363. The number of rotatable bonds is 24. The SMILES string of the molecule is COc1cc(/C=C/C(=O)O[C@H]2[C@H](OC[C@H]3O[C@@H](Oc4cc5c(cc4O)C[C@@H](C(=O)O)N5C(=O)/C=C/c4ccc(O)c(O[C@@H]5O[C@H](CO)[C@@H](O)[C@H](O)[C@H]5O)c4)[C@H](O)[C@@H](O)[C@@H]3O)O[C@H](CO)[C@@H](O[C@@H]3O[C@H](COC(=O)/C=C/c4cc(OC)c(O)c(OC)c4)[C@@H](O)[C@H](O)[C@H]3O)[C@@H]2O)ccc1O. The second-order valence-electron chi connectivity index (χ2n) is 22.8. The third-order valence-corrected chi connectivity index (χ3v) is 16.4. The smallest absolute Gasteiger partial charge is 0.331 e. The van der Waals surface area contributed by atoms with Gasteiger partial charge < -0.3 is 148 Å². The Bertz CT molecular complexity index is 3540. The lowest BCUT2D eigenvalue weighted by Gasteiger charge is -2.47. The van der Waals surface area contributed by atoms with Crippen LogP contribution in [0.25, 0.3) is 18.2 Å². The van der Waals surface area contributed by atoms with E-state index >= 15 is 0 Å². The number of anilines is 1. The van der Waals surface area contributed by atoms with Gasteiger partial charge in [-0.05, 0) is 82.9 Å². The lowest BCUT2D eigenvalue weighted by atomic mass is 9.96. The molecule has 98 heavy (non-hydrogen) atoms. The lowest BCUT2D eigenvalue weighted by Crippen LogP contribution is -2.65. The molecule has 0 aromatic heterocycles. The fourth-order valence-electron chi connectivity index (χ4n) is 11.1. The quantitative estimate of drug-likeness (QED) is 0.0236. The molecule has 4 aromatic carbocycles. The molecule has 0 bridgehead atoms. The number of aromatic hydroxyl groups is 4. The predicted octanol–water partition coefficient (Wildman–Crippen LogP) is -3.88. The molecule has 17 N–H and O–H groups in total. The maximum Gasteiger partial charge on any atom is 0.331 e. The average molecular weight is 1390 g/mol. The van der Waals surface area contributed by atoms with Crippen LogP contribution in [0.3, 0.4) is 0 Å². The molecule has 534 valence electrons. The van der Waals surface area contributed by atoms with Gasteiger partial charge in [-0.15, -0.1) is 0 Å². The highest BCUT2D eigenvalue weighted by Crippen LogP contribution is 2.43. The average Bonchev–Trinajstić information content (AvgIpc) is 1.49. The topological polar surface area (TPSA) is 535 Å². The number of ether oxygens (including phenoxy) is 13. The summed E-state index contributed by atoms with van der Waals surface area (Å²) in [6.07, 6.45) is -32.4. The van der Waals surface area contributed by atoms with Crippen molar-refractivity contribution in [3.05, 3.63) is 101 Å². The minimum atomic E-state index is -2.19. The number of hydrogen-bond acceptors (Lipinski definition) is 33. The number of aliphatic hydroxyl groups is 12. The molecular formula is C63H73NO34. The summed E-state index contributed by atoms with van der Waals surface area (Å²) in [7, 11) is 3.85.